The highest BCUT2D eigenvalue weighted by Crippen LogP contribution is 2.45. The first-order valence-corrected chi connectivity index (χ1v) is 11.7. The standard InChI is InChI=1S/C24H23N3OS2/c1-15-6-5-7-16(12-15)13-21(28)26-24-22(17-10-11-27(2)14-20(17)30-24)23-25-18-8-3-4-9-19(18)29-23/h3-9,12H,10-11,13-14H2,1-2H3,(H,26,28). The monoisotopic (exact) mass is 433 g/mol. The van der Waals surface area contributed by atoms with Crippen molar-refractivity contribution in [1.29, 1.82) is 0 Å². The lowest BCUT2D eigenvalue weighted by atomic mass is 10.0. The molecule has 1 amide bonds. The molecule has 2 aromatic heterocycles. The van der Waals surface area contributed by atoms with E-state index in [1.807, 2.05) is 24.3 Å². The zero-order valence-corrected chi connectivity index (χ0v) is 18.7. The number of aromatic nitrogens is 1. The SMILES string of the molecule is Cc1cccc(CC(=O)Nc2sc3c(c2-c2nc4ccccc4s2)CCN(C)C3)c1. The summed E-state index contributed by atoms with van der Waals surface area (Å²) in [6, 6.07) is 16.4. The highest BCUT2D eigenvalue weighted by molar-refractivity contribution is 7.22. The molecule has 4 nitrogen and oxygen atoms in total. The summed E-state index contributed by atoms with van der Waals surface area (Å²) >= 11 is 3.41. The van der Waals surface area contributed by atoms with Crippen molar-refractivity contribution in [2.24, 2.45) is 0 Å². The third kappa shape index (κ3) is 3.78. The Balaban J connectivity index is 1.51. The van der Waals surface area contributed by atoms with Crippen molar-refractivity contribution in [1.82, 2.24) is 9.88 Å². The van der Waals surface area contributed by atoms with Crippen LogP contribution >= 0.6 is 22.7 Å². The number of nitrogens with one attached hydrogen (secondary N) is 1. The van der Waals surface area contributed by atoms with E-state index >= 15 is 0 Å². The minimum atomic E-state index is 0.0231. The van der Waals surface area contributed by atoms with Gasteiger partial charge in [0.15, 0.2) is 0 Å². The quantitative estimate of drug-likeness (QED) is 0.462. The topological polar surface area (TPSA) is 45.2 Å². The van der Waals surface area contributed by atoms with Crippen LogP contribution in [0, 0.1) is 6.92 Å². The molecule has 0 saturated carbocycles. The molecule has 2 aromatic carbocycles. The number of para-hydroxylation sites is 1. The number of anilines is 1. The molecule has 0 spiro atoms. The van der Waals surface area contributed by atoms with Crippen LogP contribution in [0.1, 0.15) is 21.6 Å². The zero-order valence-electron chi connectivity index (χ0n) is 17.1. The number of amides is 1. The van der Waals surface area contributed by atoms with E-state index < -0.39 is 0 Å². The Bertz CT molecular complexity index is 1210. The van der Waals surface area contributed by atoms with E-state index in [1.165, 1.54) is 20.7 Å². The smallest absolute Gasteiger partial charge is 0.229 e. The number of likely N-dealkylation sites (N-methyl/N-ethyl adjacent to an activating group) is 1. The van der Waals surface area contributed by atoms with Crippen molar-refractivity contribution in [2.45, 2.75) is 26.3 Å². The Morgan fingerprint density at radius 2 is 2.03 bits per heavy atom. The summed E-state index contributed by atoms with van der Waals surface area (Å²) in [6.45, 7) is 4.00. The molecule has 0 saturated heterocycles. The normalized spacial score (nSPS) is 14.1. The molecule has 1 aliphatic heterocycles. The van der Waals surface area contributed by atoms with Gasteiger partial charge in [0.1, 0.15) is 10.0 Å². The molecule has 30 heavy (non-hydrogen) atoms. The van der Waals surface area contributed by atoms with Gasteiger partial charge in [0.2, 0.25) is 5.91 Å². The number of carbonyl (C=O) groups excluding carboxylic acids is 1. The first-order chi connectivity index (χ1) is 14.6. The largest absolute Gasteiger partial charge is 0.317 e. The fourth-order valence-corrected chi connectivity index (χ4v) is 6.46. The van der Waals surface area contributed by atoms with Gasteiger partial charge in [0.25, 0.3) is 0 Å². The second kappa shape index (κ2) is 7.95. The van der Waals surface area contributed by atoms with Crippen molar-refractivity contribution in [3.8, 4) is 10.6 Å². The summed E-state index contributed by atoms with van der Waals surface area (Å²) in [6.07, 6.45) is 1.37. The van der Waals surface area contributed by atoms with Gasteiger partial charge in [-0.1, -0.05) is 42.0 Å². The molecule has 6 heteroatoms. The fourth-order valence-electron chi connectivity index (χ4n) is 4.00. The minimum absolute atomic E-state index is 0.0231. The van der Waals surface area contributed by atoms with Gasteiger partial charge in [-0.3, -0.25) is 4.79 Å². The summed E-state index contributed by atoms with van der Waals surface area (Å²) < 4.78 is 1.18. The minimum Gasteiger partial charge on any atom is -0.317 e. The lowest BCUT2D eigenvalue weighted by Gasteiger charge is -2.22. The Morgan fingerprint density at radius 1 is 1.17 bits per heavy atom. The molecule has 5 rings (SSSR count). The molecule has 0 aliphatic carbocycles. The average molecular weight is 434 g/mol. The van der Waals surface area contributed by atoms with Crippen LogP contribution < -0.4 is 5.32 Å². The molecule has 1 N–H and O–H groups in total. The fraction of sp³-hybridized carbons (Fsp3) is 0.250. The molecule has 3 heterocycles. The summed E-state index contributed by atoms with van der Waals surface area (Å²) in [5.74, 6) is 0.0231. The van der Waals surface area contributed by atoms with Crippen molar-refractivity contribution in [2.75, 3.05) is 18.9 Å². The molecule has 0 unspecified atom stereocenters. The van der Waals surface area contributed by atoms with Gasteiger partial charge in [-0.15, -0.1) is 22.7 Å². The third-order valence-corrected chi connectivity index (χ3v) is 7.64. The number of thiophene rings is 1. The van der Waals surface area contributed by atoms with Gasteiger partial charge in [-0.2, -0.15) is 0 Å². The first-order valence-electron chi connectivity index (χ1n) is 10.1. The molecule has 0 fully saturated rings. The Labute approximate surface area is 184 Å². The van der Waals surface area contributed by atoms with Gasteiger partial charge in [0.05, 0.1) is 16.6 Å². The predicted octanol–water partition coefficient (Wildman–Crippen LogP) is 5.50. The number of hydrogen-bond acceptors (Lipinski definition) is 5. The van der Waals surface area contributed by atoms with E-state index in [0.717, 1.165) is 46.2 Å². The average Bonchev–Trinajstić information content (AvgIpc) is 3.27. The maximum Gasteiger partial charge on any atom is 0.229 e. The molecule has 4 aromatic rings. The van der Waals surface area contributed by atoms with Gasteiger partial charge in [0, 0.05) is 23.5 Å². The number of benzene rings is 2. The van der Waals surface area contributed by atoms with Crippen molar-refractivity contribution in [3.63, 3.8) is 0 Å². The Kier molecular flexibility index (Phi) is 5.15. The molecular weight excluding hydrogens is 410 g/mol. The number of thiazole rings is 1. The van der Waals surface area contributed by atoms with E-state index in [0.29, 0.717) is 6.42 Å². The van der Waals surface area contributed by atoms with Gasteiger partial charge >= 0.3 is 0 Å². The number of rotatable bonds is 4. The maximum atomic E-state index is 12.9. The maximum absolute atomic E-state index is 12.9. The summed E-state index contributed by atoms with van der Waals surface area (Å²) in [4.78, 5) is 21.5. The van der Waals surface area contributed by atoms with Crippen LogP contribution in [-0.2, 0) is 24.2 Å². The summed E-state index contributed by atoms with van der Waals surface area (Å²) in [5, 5.41) is 5.16. The highest BCUT2D eigenvalue weighted by atomic mass is 32.1. The second-order valence-electron chi connectivity index (χ2n) is 7.90. The lowest BCUT2D eigenvalue weighted by molar-refractivity contribution is -0.115. The molecule has 1 aliphatic rings. The first kappa shape index (κ1) is 19.4. The van der Waals surface area contributed by atoms with Crippen molar-refractivity contribution in [3.05, 3.63) is 70.1 Å². The van der Waals surface area contributed by atoms with Gasteiger partial charge in [-0.25, -0.2) is 4.98 Å². The van der Waals surface area contributed by atoms with Gasteiger partial charge in [-0.05, 0) is 43.7 Å². The highest BCUT2D eigenvalue weighted by Gasteiger charge is 2.26. The number of fused-ring (bicyclic) bond motifs is 2. The third-order valence-electron chi connectivity index (χ3n) is 5.46. The van der Waals surface area contributed by atoms with Crippen LogP contribution in [0.2, 0.25) is 0 Å². The van der Waals surface area contributed by atoms with Crippen LogP contribution in [0.25, 0.3) is 20.8 Å². The number of carbonyl (C=O) groups is 1. The van der Waals surface area contributed by atoms with Crippen LogP contribution in [0.4, 0.5) is 5.00 Å². The van der Waals surface area contributed by atoms with Crippen molar-refractivity contribution < 1.29 is 4.79 Å². The molecule has 0 bridgehead atoms. The number of hydrogen-bond donors (Lipinski definition) is 1. The lowest BCUT2D eigenvalue weighted by Crippen LogP contribution is -2.25. The summed E-state index contributed by atoms with van der Waals surface area (Å²) in [5.41, 5.74) is 5.70. The Hall–Kier alpha value is -2.54. The molecule has 152 valence electrons. The Morgan fingerprint density at radius 3 is 2.87 bits per heavy atom. The molecular formula is C24H23N3OS2. The van der Waals surface area contributed by atoms with Crippen LogP contribution in [0.5, 0.6) is 0 Å². The number of nitrogens with zero attached hydrogens (tertiary/aromatic N) is 2. The van der Waals surface area contributed by atoms with Crippen LogP contribution in [0.3, 0.4) is 0 Å². The zero-order chi connectivity index (χ0) is 20.7. The predicted molar refractivity (Wildman–Crippen MR) is 126 cm³/mol. The second-order valence-corrected chi connectivity index (χ2v) is 10.0. The van der Waals surface area contributed by atoms with Crippen molar-refractivity contribution >= 4 is 43.8 Å². The van der Waals surface area contributed by atoms with Gasteiger partial charge < -0.3 is 10.2 Å². The van der Waals surface area contributed by atoms with E-state index in [2.05, 4.69) is 48.5 Å². The number of aryl methyl sites for hydroxylation is 1. The molecule has 0 radical (unpaired) electrons. The van der Waals surface area contributed by atoms with E-state index in [-0.39, 0.29) is 5.91 Å². The van der Waals surface area contributed by atoms with E-state index in [4.69, 9.17) is 4.98 Å². The summed E-state index contributed by atoms with van der Waals surface area (Å²) in [7, 11) is 2.15. The molecule has 0 atom stereocenters. The van der Waals surface area contributed by atoms with Crippen LogP contribution in [-0.4, -0.2) is 29.4 Å². The van der Waals surface area contributed by atoms with E-state index in [9.17, 15) is 4.79 Å². The van der Waals surface area contributed by atoms with Crippen LogP contribution in [0.15, 0.2) is 48.5 Å². The van der Waals surface area contributed by atoms with E-state index in [1.54, 1.807) is 22.7 Å².